The van der Waals surface area contributed by atoms with E-state index in [-0.39, 0.29) is 5.91 Å². The maximum Gasteiger partial charge on any atom is 0.272 e. The average Bonchev–Trinajstić information content (AvgIpc) is 2.85. The van der Waals surface area contributed by atoms with Crippen molar-refractivity contribution in [2.45, 2.75) is 0 Å². The van der Waals surface area contributed by atoms with E-state index in [0.29, 0.717) is 16.4 Å². The van der Waals surface area contributed by atoms with E-state index in [9.17, 15) is 4.79 Å². The van der Waals surface area contributed by atoms with Crippen LogP contribution in [0.25, 0.3) is 10.9 Å². The van der Waals surface area contributed by atoms with Crippen LogP contribution in [0.4, 0.5) is 5.69 Å². The van der Waals surface area contributed by atoms with Gasteiger partial charge in [-0.15, -0.1) is 0 Å². The molecular weight excluding hydrogens is 262 g/mol. The lowest BCUT2D eigenvalue weighted by Gasteiger charge is -2.01. The fourth-order valence-corrected chi connectivity index (χ4v) is 2.11. The maximum absolute atomic E-state index is 12.1. The maximum atomic E-state index is 12.1. The number of benzene rings is 1. The van der Waals surface area contributed by atoms with Gasteiger partial charge in [0.1, 0.15) is 5.69 Å². The van der Waals surface area contributed by atoms with Gasteiger partial charge in [-0.1, -0.05) is 23.7 Å². The number of pyridine rings is 1. The van der Waals surface area contributed by atoms with Crippen LogP contribution >= 0.6 is 11.6 Å². The molecule has 5 heteroatoms. The van der Waals surface area contributed by atoms with E-state index < -0.39 is 0 Å². The number of carbonyl (C=O) groups is 1. The largest absolute Gasteiger partial charge is 0.349 e. The summed E-state index contributed by atoms with van der Waals surface area (Å²) in [4.78, 5) is 19.0. The lowest BCUT2D eigenvalue weighted by molar-refractivity contribution is 0.102. The van der Waals surface area contributed by atoms with Crippen LogP contribution < -0.4 is 5.32 Å². The summed E-state index contributed by atoms with van der Waals surface area (Å²) in [5.74, 6) is -0.222. The number of para-hydroxylation sites is 1. The van der Waals surface area contributed by atoms with Crippen LogP contribution in [0.15, 0.2) is 48.8 Å². The van der Waals surface area contributed by atoms with Gasteiger partial charge in [0, 0.05) is 11.6 Å². The summed E-state index contributed by atoms with van der Waals surface area (Å²) in [5.41, 5.74) is 1.88. The molecule has 0 spiro atoms. The van der Waals surface area contributed by atoms with E-state index in [1.807, 2.05) is 12.1 Å². The van der Waals surface area contributed by atoms with Crippen molar-refractivity contribution in [1.82, 2.24) is 9.97 Å². The van der Waals surface area contributed by atoms with Crippen LogP contribution in [0.5, 0.6) is 0 Å². The first kappa shape index (κ1) is 11.7. The Morgan fingerprint density at radius 2 is 2.16 bits per heavy atom. The summed E-state index contributed by atoms with van der Waals surface area (Å²) in [7, 11) is 0. The molecule has 19 heavy (non-hydrogen) atoms. The third-order valence-electron chi connectivity index (χ3n) is 2.77. The number of aromatic nitrogens is 2. The summed E-state index contributed by atoms with van der Waals surface area (Å²) in [6, 6.07) is 10.8. The van der Waals surface area contributed by atoms with E-state index >= 15 is 0 Å². The van der Waals surface area contributed by atoms with Gasteiger partial charge < -0.3 is 10.3 Å². The van der Waals surface area contributed by atoms with Crippen LogP contribution in [0, 0.1) is 0 Å². The standard InChI is InChI=1S/C14H10ClN3O/c15-11-5-1-3-9-7-12(18-13(9)11)14(19)17-10-4-2-6-16-8-10/h1-8,18H,(H,17,19). The van der Waals surface area contributed by atoms with Gasteiger partial charge >= 0.3 is 0 Å². The third-order valence-corrected chi connectivity index (χ3v) is 3.08. The van der Waals surface area contributed by atoms with Gasteiger partial charge in [-0.3, -0.25) is 9.78 Å². The first-order valence-electron chi connectivity index (χ1n) is 5.72. The lowest BCUT2D eigenvalue weighted by Crippen LogP contribution is -2.12. The van der Waals surface area contributed by atoms with E-state index in [4.69, 9.17) is 11.6 Å². The highest BCUT2D eigenvalue weighted by atomic mass is 35.5. The summed E-state index contributed by atoms with van der Waals surface area (Å²) in [5, 5.41) is 4.26. The summed E-state index contributed by atoms with van der Waals surface area (Å²) in [6.07, 6.45) is 3.24. The van der Waals surface area contributed by atoms with Gasteiger partial charge in [-0.05, 0) is 24.3 Å². The highest BCUT2D eigenvalue weighted by molar-refractivity contribution is 6.35. The SMILES string of the molecule is O=C(Nc1cccnc1)c1cc2cccc(Cl)c2[nH]1. The molecule has 4 nitrogen and oxygen atoms in total. The van der Waals surface area contributed by atoms with Crippen LogP contribution in [0.2, 0.25) is 5.02 Å². The number of anilines is 1. The minimum Gasteiger partial charge on any atom is -0.349 e. The van der Waals surface area contributed by atoms with E-state index in [1.54, 1.807) is 36.7 Å². The minimum atomic E-state index is -0.222. The molecule has 0 unspecified atom stereocenters. The second-order valence-corrected chi connectivity index (χ2v) is 4.49. The number of aromatic amines is 1. The highest BCUT2D eigenvalue weighted by Crippen LogP contribution is 2.23. The highest BCUT2D eigenvalue weighted by Gasteiger charge is 2.11. The van der Waals surface area contributed by atoms with Crippen molar-refractivity contribution < 1.29 is 4.79 Å². The van der Waals surface area contributed by atoms with Crippen molar-refractivity contribution in [2.75, 3.05) is 5.32 Å². The molecule has 0 saturated carbocycles. The second kappa shape index (κ2) is 4.74. The Morgan fingerprint density at radius 1 is 1.26 bits per heavy atom. The normalized spacial score (nSPS) is 10.6. The predicted molar refractivity (Wildman–Crippen MR) is 75.5 cm³/mol. The average molecular weight is 272 g/mol. The van der Waals surface area contributed by atoms with Crippen molar-refractivity contribution in [3.63, 3.8) is 0 Å². The molecule has 94 valence electrons. The first-order chi connectivity index (χ1) is 9.24. The van der Waals surface area contributed by atoms with Crippen LogP contribution in [-0.4, -0.2) is 15.9 Å². The number of fused-ring (bicyclic) bond motifs is 1. The second-order valence-electron chi connectivity index (χ2n) is 4.08. The van der Waals surface area contributed by atoms with Crippen LogP contribution in [0.1, 0.15) is 10.5 Å². The molecule has 0 aliphatic carbocycles. The third kappa shape index (κ3) is 2.30. The zero-order valence-electron chi connectivity index (χ0n) is 9.85. The Morgan fingerprint density at radius 3 is 2.89 bits per heavy atom. The van der Waals surface area contributed by atoms with E-state index in [0.717, 1.165) is 10.9 Å². The zero-order chi connectivity index (χ0) is 13.2. The van der Waals surface area contributed by atoms with Crippen LogP contribution in [0.3, 0.4) is 0 Å². The van der Waals surface area contributed by atoms with E-state index in [1.165, 1.54) is 0 Å². The Labute approximate surface area is 114 Å². The monoisotopic (exact) mass is 271 g/mol. The van der Waals surface area contributed by atoms with Gasteiger partial charge in [0.05, 0.1) is 22.4 Å². The predicted octanol–water partition coefficient (Wildman–Crippen LogP) is 3.47. The topological polar surface area (TPSA) is 57.8 Å². The zero-order valence-corrected chi connectivity index (χ0v) is 10.6. The fourth-order valence-electron chi connectivity index (χ4n) is 1.88. The summed E-state index contributed by atoms with van der Waals surface area (Å²) in [6.45, 7) is 0. The van der Waals surface area contributed by atoms with Crippen molar-refractivity contribution in [3.05, 3.63) is 59.5 Å². The van der Waals surface area contributed by atoms with Gasteiger partial charge in [-0.2, -0.15) is 0 Å². The van der Waals surface area contributed by atoms with Gasteiger partial charge in [0.2, 0.25) is 0 Å². The van der Waals surface area contributed by atoms with Crippen LogP contribution in [-0.2, 0) is 0 Å². The van der Waals surface area contributed by atoms with Crippen molar-refractivity contribution in [2.24, 2.45) is 0 Å². The molecule has 0 atom stereocenters. The summed E-state index contributed by atoms with van der Waals surface area (Å²) >= 11 is 6.06. The number of carbonyl (C=O) groups excluding carboxylic acids is 1. The Hall–Kier alpha value is -2.33. The molecule has 0 bridgehead atoms. The molecule has 0 aliphatic rings. The molecule has 0 radical (unpaired) electrons. The van der Waals surface area contributed by atoms with E-state index in [2.05, 4.69) is 15.3 Å². The lowest BCUT2D eigenvalue weighted by atomic mass is 10.2. The number of rotatable bonds is 2. The molecule has 0 saturated heterocycles. The molecule has 1 amide bonds. The number of H-pyrrole nitrogens is 1. The summed E-state index contributed by atoms with van der Waals surface area (Å²) < 4.78 is 0. The van der Waals surface area contributed by atoms with Gasteiger partial charge in [0.25, 0.3) is 5.91 Å². The number of nitrogens with one attached hydrogen (secondary N) is 2. The van der Waals surface area contributed by atoms with Gasteiger partial charge in [-0.25, -0.2) is 0 Å². The Kier molecular flexibility index (Phi) is 2.93. The number of hydrogen-bond acceptors (Lipinski definition) is 2. The minimum absolute atomic E-state index is 0.222. The van der Waals surface area contributed by atoms with Crippen molar-refractivity contribution in [1.29, 1.82) is 0 Å². The van der Waals surface area contributed by atoms with Crippen molar-refractivity contribution >= 4 is 34.1 Å². The Balaban J connectivity index is 1.92. The quantitative estimate of drug-likeness (QED) is 0.750. The number of hydrogen-bond donors (Lipinski definition) is 2. The molecule has 2 N–H and O–H groups in total. The molecule has 3 rings (SSSR count). The molecule has 1 aromatic carbocycles. The molecule has 0 fully saturated rings. The molecule has 2 aromatic heterocycles. The van der Waals surface area contributed by atoms with Gasteiger partial charge in [0.15, 0.2) is 0 Å². The molecule has 2 heterocycles. The number of amides is 1. The number of nitrogens with zero attached hydrogens (tertiary/aromatic N) is 1. The smallest absolute Gasteiger partial charge is 0.272 e. The molecule has 3 aromatic rings. The molecule has 0 aliphatic heterocycles. The Bertz CT molecular complexity index is 737. The number of halogens is 1. The van der Waals surface area contributed by atoms with Crippen molar-refractivity contribution in [3.8, 4) is 0 Å². The first-order valence-corrected chi connectivity index (χ1v) is 6.10. The fraction of sp³-hybridized carbons (Fsp3) is 0. The molecular formula is C14H10ClN3O.